The van der Waals surface area contributed by atoms with Crippen LogP contribution in [0.1, 0.15) is 25.0 Å². The Labute approximate surface area is 188 Å². The molecule has 2 aromatic carbocycles. The van der Waals surface area contributed by atoms with Crippen LogP contribution in [0.15, 0.2) is 54.7 Å². The second kappa shape index (κ2) is 10.1. The number of aromatic hydroxyl groups is 1. The standard InChI is InChI=1S/C25H30FN5O/c1-17-15-31(18(2)14-29-17)16-20-5-8-23(26)22(13-20)24-10-12-28-25(30-24)27-11-9-19-3-6-21(32)7-4-19/h3-8,10,12-13,17-18,29,32H,9,11,14-16H2,1-2H3,(H,27,28,30). The Morgan fingerprint density at radius 3 is 2.72 bits per heavy atom. The fourth-order valence-corrected chi connectivity index (χ4v) is 3.99. The maximum atomic E-state index is 14.7. The summed E-state index contributed by atoms with van der Waals surface area (Å²) in [6.45, 7) is 7.74. The first-order valence-corrected chi connectivity index (χ1v) is 11.1. The fraction of sp³-hybridized carbons (Fsp3) is 0.360. The lowest BCUT2D eigenvalue weighted by molar-refractivity contribution is 0.139. The molecule has 0 spiro atoms. The Morgan fingerprint density at radius 2 is 1.91 bits per heavy atom. The van der Waals surface area contributed by atoms with Crippen LogP contribution in [0.5, 0.6) is 5.75 Å². The van der Waals surface area contributed by atoms with Crippen molar-refractivity contribution >= 4 is 5.95 Å². The van der Waals surface area contributed by atoms with E-state index in [0.717, 1.165) is 37.2 Å². The lowest BCUT2D eigenvalue weighted by atomic mass is 10.0. The van der Waals surface area contributed by atoms with E-state index in [9.17, 15) is 9.50 Å². The van der Waals surface area contributed by atoms with E-state index in [1.807, 2.05) is 24.3 Å². The van der Waals surface area contributed by atoms with Gasteiger partial charge in [-0.05, 0) is 61.7 Å². The number of phenols is 1. The average Bonchev–Trinajstić information content (AvgIpc) is 2.79. The van der Waals surface area contributed by atoms with Crippen molar-refractivity contribution in [1.82, 2.24) is 20.2 Å². The zero-order valence-corrected chi connectivity index (χ0v) is 18.6. The van der Waals surface area contributed by atoms with Crippen molar-refractivity contribution in [2.24, 2.45) is 0 Å². The third kappa shape index (κ3) is 5.60. The quantitative estimate of drug-likeness (QED) is 0.524. The van der Waals surface area contributed by atoms with E-state index in [0.29, 0.717) is 35.8 Å². The highest BCUT2D eigenvalue weighted by Crippen LogP contribution is 2.24. The number of halogens is 1. The number of nitrogens with zero attached hydrogens (tertiary/aromatic N) is 3. The summed E-state index contributed by atoms with van der Waals surface area (Å²) in [4.78, 5) is 11.2. The van der Waals surface area contributed by atoms with Gasteiger partial charge in [0.05, 0.1) is 5.69 Å². The van der Waals surface area contributed by atoms with Gasteiger partial charge in [0.25, 0.3) is 0 Å². The summed E-state index contributed by atoms with van der Waals surface area (Å²) in [5.74, 6) is 0.433. The number of anilines is 1. The van der Waals surface area contributed by atoms with Gasteiger partial charge in [0.15, 0.2) is 0 Å². The largest absolute Gasteiger partial charge is 0.508 e. The van der Waals surface area contributed by atoms with E-state index in [2.05, 4.69) is 39.3 Å². The van der Waals surface area contributed by atoms with Crippen molar-refractivity contribution < 1.29 is 9.50 Å². The molecule has 1 aliphatic rings. The molecule has 0 aliphatic carbocycles. The molecule has 1 aliphatic heterocycles. The van der Waals surface area contributed by atoms with E-state index < -0.39 is 0 Å². The Morgan fingerprint density at radius 1 is 1.12 bits per heavy atom. The Hall–Kier alpha value is -3.03. The van der Waals surface area contributed by atoms with E-state index in [1.165, 1.54) is 6.07 Å². The lowest BCUT2D eigenvalue weighted by Gasteiger charge is -2.37. The highest BCUT2D eigenvalue weighted by molar-refractivity contribution is 5.61. The van der Waals surface area contributed by atoms with Gasteiger partial charge in [-0.25, -0.2) is 14.4 Å². The number of nitrogens with one attached hydrogen (secondary N) is 2. The molecule has 0 saturated carbocycles. The second-order valence-electron chi connectivity index (χ2n) is 8.51. The van der Waals surface area contributed by atoms with E-state index in [1.54, 1.807) is 24.4 Å². The second-order valence-corrected chi connectivity index (χ2v) is 8.51. The van der Waals surface area contributed by atoms with Crippen LogP contribution < -0.4 is 10.6 Å². The minimum Gasteiger partial charge on any atom is -0.508 e. The van der Waals surface area contributed by atoms with E-state index >= 15 is 0 Å². The van der Waals surface area contributed by atoms with Gasteiger partial charge in [0.2, 0.25) is 5.95 Å². The van der Waals surface area contributed by atoms with Gasteiger partial charge >= 0.3 is 0 Å². The van der Waals surface area contributed by atoms with Crippen LogP contribution in [0.25, 0.3) is 11.3 Å². The molecule has 0 radical (unpaired) electrons. The van der Waals surface area contributed by atoms with Gasteiger partial charge in [-0.3, -0.25) is 4.90 Å². The highest BCUT2D eigenvalue weighted by Gasteiger charge is 2.22. The monoisotopic (exact) mass is 435 g/mol. The van der Waals surface area contributed by atoms with Crippen LogP contribution in [0.3, 0.4) is 0 Å². The van der Waals surface area contributed by atoms with Crippen molar-refractivity contribution in [3.05, 3.63) is 71.7 Å². The molecule has 2 atom stereocenters. The molecular weight excluding hydrogens is 405 g/mol. The summed E-state index contributed by atoms with van der Waals surface area (Å²) in [7, 11) is 0. The van der Waals surface area contributed by atoms with Gasteiger partial charge in [0, 0.05) is 50.0 Å². The number of benzene rings is 2. The summed E-state index contributed by atoms with van der Waals surface area (Å²) in [6, 6.07) is 15.0. The zero-order valence-electron chi connectivity index (χ0n) is 18.6. The summed E-state index contributed by atoms with van der Waals surface area (Å²) in [5.41, 5.74) is 3.22. The minimum atomic E-state index is -0.288. The van der Waals surface area contributed by atoms with Crippen LogP contribution in [0, 0.1) is 5.82 Å². The van der Waals surface area contributed by atoms with Gasteiger partial charge in [-0.1, -0.05) is 18.2 Å². The molecule has 168 valence electrons. The summed E-state index contributed by atoms with van der Waals surface area (Å²) >= 11 is 0. The molecule has 7 heteroatoms. The first-order valence-electron chi connectivity index (χ1n) is 11.1. The number of hydrogen-bond acceptors (Lipinski definition) is 6. The molecule has 3 N–H and O–H groups in total. The van der Waals surface area contributed by atoms with Crippen LogP contribution in [-0.2, 0) is 13.0 Å². The summed E-state index contributed by atoms with van der Waals surface area (Å²) in [5, 5.41) is 16.1. The number of phenolic OH excluding ortho intramolecular Hbond substituents is 1. The van der Waals surface area contributed by atoms with Crippen molar-refractivity contribution in [3.63, 3.8) is 0 Å². The van der Waals surface area contributed by atoms with Gasteiger partial charge < -0.3 is 15.7 Å². The molecule has 32 heavy (non-hydrogen) atoms. The maximum Gasteiger partial charge on any atom is 0.223 e. The maximum absolute atomic E-state index is 14.7. The average molecular weight is 436 g/mol. The molecule has 2 heterocycles. The van der Waals surface area contributed by atoms with Crippen molar-refractivity contribution in [1.29, 1.82) is 0 Å². The zero-order chi connectivity index (χ0) is 22.5. The topological polar surface area (TPSA) is 73.3 Å². The lowest BCUT2D eigenvalue weighted by Crippen LogP contribution is -2.53. The molecule has 0 bridgehead atoms. The minimum absolute atomic E-state index is 0.253. The molecule has 3 aromatic rings. The highest BCUT2D eigenvalue weighted by atomic mass is 19.1. The molecule has 4 rings (SSSR count). The van der Waals surface area contributed by atoms with Gasteiger partial charge in [0.1, 0.15) is 11.6 Å². The molecule has 0 amide bonds. The third-order valence-electron chi connectivity index (χ3n) is 5.87. The number of aromatic nitrogens is 2. The van der Waals surface area contributed by atoms with Crippen molar-refractivity contribution in [2.75, 3.05) is 25.0 Å². The van der Waals surface area contributed by atoms with Crippen LogP contribution in [0.2, 0.25) is 0 Å². The Bertz CT molecular complexity index is 1040. The number of rotatable bonds is 7. The van der Waals surface area contributed by atoms with Crippen molar-refractivity contribution in [2.45, 2.75) is 38.9 Å². The summed E-state index contributed by atoms with van der Waals surface area (Å²) in [6.07, 6.45) is 2.41. The van der Waals surface area contributed by atoms with Gasteiger partial charge in [-0.15, -0.1) is 0 Å². The molecule has 6 nitrogen and oxygen atoms in total. The smallest absolute Gasteiger partial charge is 0.223 e. The van der Waals surface area contributed by atoms with Crippen LogP contribution in [-0.4, -0.2) is 51.7 Å². The first kappa shape index (κ1) is 22.2. The third-order valence-corrected chi connectivity index (χ3v) is 5.87. The fourth-order valence-electron chi connectivity index (χ4n) is 3.99. The molecular formula is C25H30FN5O. The number of hydrogen-bond donors (Lipinski definition) is 3. The summed E-state index contributed by atoms with van der Waals surface area (Å²) < 4.78 is 14.7. The van der Waals surface area contributed by atoms with Crippen molar-refractivity contribution in [3.8, 4) is 17.0 Å². The molecule has 1 saturated heterocycles. The normalized spacial score (nSPS) is 19.1. The molecule has 2 unspecified atom stereocenters. The van der Waals surface area contributed by atoms with Gasteiger partial charge in [-0.2, -0.15) is 0 Å². The Balaban J connectivity index is 1.44. The predicted molar refractivity (Wildman–Crippen MR) is 125 cm³/mol. The number of piperazine rings is 1. The molecule has 1 fully saturated rings. The van der Waals surface area contributed by atoms with Crippen LogP contribution in [0.4, 0.5) is 10.3 Å². The first-order chi connectivity index (χ1) is 15.5. The van der Waals surface area contributed by atoms with E-state index in [4.69, 9.17) is 0 Å². The molecule has 1 aromatic heterocycles. The predicted octanol–water partition coefficient (Wildman–Crippen LogP) is 3.83. The van der Waals surface area contributed by atoms with Crippen LogP contribution >= 0.6 is 0 Å². The SMILES string of the molecule is CC1CN(Cc2ccc(F)c(-c3ccnc(NCCc4ccc(O)cc4)n3)c2)C(C)CN1. The van der Waals surface area contributed by atoms with E-state index in [-0.39, 0.29) is 11.6 Å². The Kier molecular flexibility index (Phi) is 6.97.